The summed E-state index contributed by atoms with van der Waals surface area (Å²) in [4.78, 5) is 35.1. The first kappa shape index (κ1) is 17.0. The second-order valence-corrected chi connectivity index (χ2v) is 5.46. The van der Waals surface area contributed by atoms with E-state index in [0.717, 1.165) is 0 Å². The van der Waals surface area contributed by atoms with Crippen LogP contribution in [0, 0.1) is 0 Å². The highest BCUT2D eigenvalue weighted by Gasteiger charge is 2.13. The number of carbonyl (C=O) groups excluding carboxylic acids is 3. The first-order valence-electron chi connectivity index (χ1n) is 6.34. The van der Waals surface area contributed by atoms with Crippen LogP contribution in [0.15, 0.2) is 45.5 Å². The van der Waals surface area contributed by atoms with Gasteiger partial charge in [0.25, 0.3) is 17.7 Å². The van der Waals surface area contributed by atoms with Crippen molar-refractivity contribution in [3.63, 3.8) is 0 Å². The second-order valence-electron chi connectivity index (χ2n) is 4.27. The molecule has 1 aromatic heterocycles. The minimum atomic E-state index is -0.607. The van der Waals surface area contributed by atoms with Crippen LogP contribution in [-0.4, -0.2) is 24.3 Å². The van der Waals surface area contributed by atoms with Gasteiger partial charge < -0.3 is 9.73 Å². The zero-order valence-electron chi connectivity index (χ0n) is 11.6. The summed E-state index contributed by atoms with van der Waals surface area (Å²) in [6, 6.07) is 9.40. The van der Waals surface area contributed by atoms with Gasteiger partial charge in [0.1, 0.15) is 0 Å². The van der Waals surface area contributed by atoms with E-state index in [4.69, 9.17) is 16.0 Å². The van der Waals surface area contributed by atoms with E-state index in [1.807, 2.05) is 0 Å². The first-order valence-corrected chi connectivity index (χ1v) is 7.51. The summed E-state index contributed by atoms with van der Waals surface area (Å²) in [6.07, 6.45) is 0. The molecule has 3 amide bonds. The predicted molar refractivity (Wildman–Crippen MR) is 85.8 cm³/mol. The SMILES string of the molecule is O=C(CNC(=O)c1ccc(Br)o1)NNC(=O)c1ccccc1Cl. The number of amides is 3. The van der Waals surface area contributed by atoms with Crippen LogP contribution in [0.5, 0.6) is 0 Å². The van der Waals surface area contributed by atoms with Gasteiger partial charge in [-0.15, -0.1) is 0 Å². The van der Waals surface area contributed by atoms with E-state index in [1.165, 1.54) is 12.1 Å². The Morgan fingerprint density at radius 3 is 2.43 bits per heavy atom. The maximum absolute atomic E-state index is 11.8. The first-order chi connectivity index (χ1) is 11.0. The van der Waals surface area contributed by atoms with Crippen LogP contribution in [0.1, 0.15) is 20.9 Å². The van der Waals surface area contributed by atoms with E-state index in [2.05, 4.69) is 32.1 Å². The molecule has 120 valence electrons. The zero-order valence-corrected chi connectivity index (χ0v) is 13.9. The molecule has 7 nitrogen and oxygen atoms in total. The van der Waals surface area contributed by atoms with Crippen molar-refractivity contribution in [1.82, 2.24) is 16.2 Å². The molecule has 0 aliphatic rings. The van der Waals surface area contributed by atoms with Crippen LogP contribution in [0.25, 0.3) is 0 Å². The van der Waals surface area contributed by atoms with Crippen LogP contribution >= 0.6 is 27.5 Å². The number of nitrogens with one attached hydrogen (secondary N) is 3. The highest BCUT2D eigenvalue weighted by Crippen LogP contribution is 2.14. The van der Waals surface area contributed by atoms with E-state index in [-0.39, 0.29) is 22.9 Å². The molecule has 0 bridgehead atoms. The third kappa shape index (κ3) is 4.83. The van der Waals surface area contributed by atoms with Crippen molar-refractivity contribution in [3.8, 4) is 0 Å². The van der Waals surface area contributed by atoms with Crippen molar-refractivity contribution < 1.29 is 18.8 Å². The number of hydrogen-bond donors (Lipinski definition) is 3. The fourth-order valence-electron chi connectivity index (χ4n) is 1.57. The maximum atomic E-state index is 11.8. The van der Waals surface area contributed by atoms with E-state index in [0.29, 0.717) is 4.67 Å². The molecule has 2 aromatic rings. The number of benzene rings is 1. The molecule has 0 spiro atoms. The minimum absolute atomic E-state index is 0.0600. The number of carbonyl (C=O) groups is 3. The van der Waals surface area contributed by atoms with Crippen molar-refractivity contribution in [1.29, 1.82) is 0 Å². The fourth-order valence-corrected chi connectivity index (χ4v) is 2.10. The van der Waals surface area contributed by atoms with Crippen molar-refractivity contribution >= 4 is 45.3 Å². The topological polar surface area (TPSA) is 100 Å². The van der Waals surface area contributed by atoms with Gasteiger partial charge in [0.05, 0.1) is 17.1 Å². The fraction of sp³-hybridized carbons (Fsp3) is 0.0714. The van der Waals surface area contributed by atoms with Gasteiger partial charge in [-0.3, -0.25) is 25.2 Å². The average molecular weight is 401 g/mol. The summed E-state index contributed by atoms with van der Waals surface area (Å²) in [5.74, 6) is -1.66. The molecule has 1 aromatic carbocycles. The molecule has 3 N–H and O–H groups in total. The van der Waals surface area contributed by atoms with Crippen LogP contribution < -0.4 is 16.2 Å². The quantitative estimate of drug-likeness (QED) is 0.682. The summed E-state index contributed by atoms with van der Waals surface area (Å²) < 4.78 is 5.44. The molecule has 0 unspecified atom stereocenters. The zero-order chi connectivity index (χ0) is 16.8. The molecule has 0 saturated carbocycles. The Bertz CT molecular complexity index is 747. The standard InChI is InChI=1S/C14H11BrClN3O4/c15-11-6-5-10(23-11)14(22)17-7-12(20)18-19-13(21)8-3-1-2-4-9(8)16/h1-6H,7H2,(H,17,22)(H,18,20)(H,19,21). The van der Waals surface area contributed by atoms with Gasteiger partial charge in [0, 0.05) is 0 Å². The normalized spacial score (nSPS) is 10.0. The lowest BCUT2D eigenvalue weighted by Gasteiger charge is -2.08. The van der Waals surface area contributed by atoms with E-state index >= 15 is 0 Å². The monoisotopic (exact) mass is 399 g/mol. The second kappa shape index (κ2) is 7.80. The summed E-state index contributed by atoms with van der Waals surface area (Å²) in [6.45, 7) is -0.333. The lowest BCUT2D eigenvalue weighted by molar-refractivity contribution is -0.120. The molecule has 0 aliphatic heterocycles. The molecular formula is C14H11BrClN3O4. The van der Waals surface area contributed by atoms with Crippen LogP contribution in [0.4, 0.5) is 0 Å². The van der Waals surface area contributed by atoms with Crippen molar-refractivity contribution in [2.75, 3.05) is 6.54 Å². The van der Waals surface area contributed by atoms with Crippen LogP contribution in [0.2, 0.25) is 5.02 Å². The molecule has 2 rings (SSSR count). The van der Waals surface area contributed by atoms with E-state index < -0.39 is 17.7 Å². The average Bonchev–Trinajstić information content (AvgIpc) is 2.97. The highest BCUT2D eigenvalue weighted by molar-refractivity contribution is 9.10. The third-order valence-electron chi connectivity index (χ3n) is 2.64. The number of halogens is 2. The Hall–Kier alpha value is -2.32. The summed E-state index contributed by atoms with van der Waals surface area (Å²) >= 11 is 8.93. The Balaban J connectivity index is 1.78. The number of hydrogen-bond acceptors (Lipinski definition) is 4. The lowest BCUT2D eigenvalue weighted by Crippen LogP contribution is -2.46. The van der Waals surface area contributed by atoms with Gasteiger partial charge in [-0.25, -0.2) is 0 Å². The van der Waals surface area contributed by atoms with Gasteiger partial charge >= 0.3 is 0 Å². The van der Waals surface area contributed by atoms with Gasteiger partial charge in [-0.1, -0.05) is 23.7 Å². The summed E-state index contributed by atoms with van der Waals surface area (Å²) in [5, 5.41) is 2.60. The Labute approximate surface area is 144 Å². The molecule has 0 fully saturated rings. The third-order valence-corrected chi connectivity index (χ3v) is 3.40. The molecule has 1 heterocycles. The van der Waals surface area contributed by atoms with Gasteiger partial charge in [-0.05, 0) is 40.2 Å². The Morgan fingerprint density at radius 1 is 1.04 bits per heavy atom. The van der Waals surface area contributed by atoms with E-state index in [9.17, 15) is 14.4 Å². The highest BCUT2D eigenvalue weighted by atomic mass is 79.9. The number of rotatable bonds is 4. The van der Waals surface area contributed by atoms with E-state index in [1.54, 1.807) is 24.3 Å². The lowest BCUT2D eigenvalue weighted by atomic mass is 10.2. The molecular weight excluding hydrogens is 390 g/mol. The van der Waals surface area contributed by atoms with Crippen LogP contribution in [0.3, 0.4) is 0 Å². The molecule has 9 heteroatoms. The summed E-state index contributed by atoms with van der Waals surface area (Å²) in [7, 11) is 0. The number of furan rings is 1. The van der Waals surface area contributed by atoms with Gasteiger partial charge in [-0.2, -0.15) is 0 Å². The minimum Gasteiger partial charge on any atom is -0.444 e. The molecule has 0 saturated heterocycles. The molecule has 0 atom stereocenters. The van der Waals surface area contributed by atoms with Gasteiger partial charge in [0.15, 0.2) is 10.4 Å². The number of hydrazine groups is 1. The molecule has 0 aliphatic carbocycles. The smallest absolute Gasteiger partial charge is 0.287 e. The van der Waals surface area contributed by atoms with Crippen molar-refractivity contribution in [2.24, 2.45) is 0 Å². The maximum Gasteiger partial charge on any atom is 0.287 e. The molecule has 0 radical (unpaired) electrons. The Morgan fingerprint density at radius 2 is 1.78 bits per heavy atom. The predicted octanol–water partition coefficient (Wildman–Crippen LogP) is 1.89. The van der Waals surface area contributed by atoms with Crippen molar-refractivity contribution in [3.05, 3.63) is 57.4 Å². The molecule has 23 heavy (non-hydrogen) atoms. The largest absolute Gasteiger partial charge is 0.444 e. The Kier molecular flexibility index (Phi) is 5.78. The van der Waals surface area contributed by atoms with Gasteiger partial charge in [0.2, 0.25) is 0 Å². The van der Waals surface area contributed by atoms with Crippen molar-refractivity contribution in [2.45, 2.75) is 0 Å². The van der Waals surface area contributed by atoms with Crippen LogP contribution in [-0.2, 0) is 4.79 Å². The summed E-state index contributed by atoms with van der Waals surface area (Å²) in [5.41, 5.74) is 4.59.